The first-order valence-electron chi connectivity index (χ1n) is 4.83. The highest BCUT2D eigenvalue weighted by molar-refractivity contribution is 8.00. The molecule has 0 bridgehead atoms. The predicted octanol–water partition coefficient (Wildman–Crippen LogP) is 0.900. The Morgan fingerprint density at radius 3 is 2.69 bits per heavy atom. The van der Waals surface area contributed by atoms with Crippen molar-refractivity contribution in [2.75, 3.05) is 5.75 Å². The van der Waals surface area contributed by atoms with Gasteiger partial charge in [0.2, 0.25) is 11.8 Å². The van der Waals surface area contributed by atoms with Gasteiger partial charge >= 0.3 is 0 Å². The van der Waals surface area contributed by atoms with Gasteiger partial charge in [-0.05, 0) is 11.6 Å². The molecule has 4 nitrogen and oxygen atoms in total. The second-order valence-corrected chi connectivity index (χ2v) is 4.29. The van der Waals surface area contributed by atoms with Crippen molar-refractivity contribution in [3.8, 4) is 0 Å². The summed E-state index contributed by atoms with van der Waals surface area (Å²) >= 11 is 1.38. The van der Waals surface area contributed by atoms with Gasteiger partial charge in [0.25, 0.3) is 0 Å². The molecule has 0 fully saturated rings. The van der Waals surface area contributed by atoms with Crippen LogP contribution in [0.2, 0.25) is 0 Å². The zero-order valence-corrected chi connectivity index (χ0v) is 9.84. The van der Waals surface area contributed by atoms with E-state index in [0.29, 0.717) is 6.54 Å². The molecular formula is C11H14N2O2S. The summed E-state index contributed by atoms with van der Waals surface area (Å²) in [7, 11) is 0. The van der Waals surface area contributed by atoms with Crippen LogP contribution in [0, 0.1) is 0 Å². The van der Waals surface area contributed by atoms with Gasteiger partial charge in [0, 0.05) is 18.4 Å². The van der Waals surface area contributed by atoms with Gasteiger partial charge in [-0.25, -0.2) is 0 Å². The monoisotopic (exact) mass is 238 g/mol. The molecule has 0 saturated carbocycles. The number of rotatable bonds is 5. The fourth-order valence-electron chi connectivity index (χ4n) is 1.16. The minimum atomic E-state index is -0.348. The van der Waals surface area contributed by atoms with Crippen molar-refractivity contribution in [1.29, 1.82) is 0 Å². The second kappa shape index (κ2) is 6.17. The van der Waals surface area contributed by atoms with Crippen LogP contribution in [-0.2, 0) is 16.1 Å². The molecule has 16 heavy (non-hydrogen) atoms. The summed E-state index contributed by atoms with van der Waals surface area (Å²) in [5, 5.41) is 2.72. The quantitative estimate of drug-likeness (QED) is 0.749. The van der Waals surface area contributed by atoms with Gasteiger partial charge in [-0.2, -0.15) is 0 Å². The molecule has 86 valence electrons. The predicted molar refractivity (Wildman–Crippen MR) is 63.9 cm³/mol. The maximum absolute atomic E-state index is 10.8. The average molecular weight is 238 g/mol. The standard InChI is InChI=1S/C11H14N2O2S/c1-8(14)13-6-9-4-2-3-5-10(9)16-7-11(12)15/h2-5H,6-7H2,1H3,(H2,12,15)(H,13,14). The zero-order chi connectivity index (χ0) is 12.0. The lowest BCUT2D eigenvalue weighted by Crippen LogP contribution is -2.19. The highest BCUT2D eigenvalue weighted by Gasteiger charge is 2.04. The highest BCUT2D eigenvalue weighted by Crippen LogP contribution is 2.22. The van der Waals surface area contributed by atoms with Crippen molar-refractivity contribution in [2.45, 2.75) is 18.4 Å². The third-order valence-electron chi connectivity index (χ3n) is 1.87. The molecule has 0 aliphatic rings. The molecule has 0 heterocycles. The largest absolute Gasteiger partial charge is 0.369 e. The van der Waals surface area contributed by atoms with E-state index in [1.807, 2.05) is 24.3 Å². The Morgan fingerprint density at radius 1 is 1.38 bits per heavy atom. The van der Waals surface area contributed by atoms with Crippen molar-refractivity contribution in [1.82, 2.24) is 5.32 Å². The first kappa shape index (κ1) is 12.6. The molecule has 0 radical (unpaired) electrons. The third kappa shape index (κ3) is 4.35. The van der Waals surface area contributed by atoms with Gasteiger partial charge in [0.1, 0.15) is 0 Å². The fraction of sp³-hybridized carbons (Fsp3) is 0.273. The maximum atomic E-state index is 10.8. The topological polar surface area (TPSA) is 72.2 Å². The van der Waals surface area contributed by atoms with Crippen LogP contribution >= 0.6 is 11.8 Å². The van der Waals surface area contributed by atoms with Crippen molar-refractivity contribution < 1.29 is 9.59 Å². The molecule has 1 rings (SSSR count). The molecule has 0 aromatic heterocycles. The van der Waals surface area contributed by atoms with Gasteiger partial charge < -0.3 is 11.1 Å². The summed E-state index contributed by atoms with van der Waals surface area (Å²) in [6.07, 6.45) is 0. The fourth-order valence-corrected chi connectivity index (χ4v) is 1.96. The molecule has 3 N–H and O–H groups in total. The van der Waals surface area contributed by atoms with E-state index < -0.39 is 0 Å². The Kier molecular flexibility index (Phi) is 4.85. The smallest absolute Gasteiger partial charge is 0.227 e. The lowest BCUT2D eigenvalue weighted by molar-refractivity contribution is -0.119. The molecule has 0 aliphatic carbocycles. The third-order valence-corrected chi connectivity index (χ3v) is 3.01. The molecule has 1 aromatic carbocycles. The lowest BCUT2D eigenvalue weighted by Gasteiger charge is -2.08. The summed E-state index contributed by atoms with van der Waals surface area (Å²) in [5.74, 6) is -0.175. The van der Waals surface area contributed by atoms with Gasteiger partial charge in [0.05, 0.1) is 5.75 Å². The summed E-state index contributed by atoms with van der Waals surface area (Å²) in [6, 6.07) is 7.61. The first-order chi connectivity index (χ1) is 7.59. The van der Waals surface area contributed by atoms with Crippen molar-refractivity contribution in [2.24, 2.45) is 5.73 Å². The average Bonchev–Trinajstić information content (AvgIpc) is 2.24. The van der Waals surface area contributed by atoms with Crippen LogP contribution in [0.15, 0.2) is 29.2 Å². The van der Waals surface area contributed by atoms with Crippen LogP contribution in [0.3, 0.4) is 0 Å². The van der Waals surface area contributed by atoms with Crippen molar-refractivity contribution >= 4 is 23.6 Å². The number of carbonyl (C=O) groups excluding carboxylic acids is 2. The van der Waals surface area contributed by atoms with E-state index >= 15 is 0 Å². The van der Waals surface area contributed by atoms with Crippen LogP contribution in [-0.4, -0.2) is 17.6 Å². The van der Waals surface area contributed by atoms with Crippen molar-refractivity contribution in [3.05, 3.63) is 29.8 Å². The van der Waals surface area contributed by atoms with E-state index in [1.165, 1.54) is 18.7 Å². The zero-order valence-electron chi connectivity index (χ0n) is 9.03. The maximum Gasteiger partial charge on any atom is 0.227 e. The van der Waals surface area contributed by atoms with E-state index in [0.717, 1.165) is 10.5 Å². The Morgan fingerprint density at radius 2 is 2.06 bits per heavy atom. The van der Waals surface area contributed by atoms with E-state index in [2.05, 4.69) is 5.32 Å². The highest BCUT2D eigenvalue weighted by atomic mass is 32.2. The summed E-state index contributed by atoms with van der Waals surface area (Å²) < 4.78 is 0. The Bertz CT molecular complexity index is 356. The van der Waals surface area contributed by atoms with Crippen LogP contribution in [0.1, 0.15) is 12.5 Å². The van der Waals surface area contributed by atoms with E-state index in [9.17, 15) is 9.59 Å². The molecular weight excluding hydrogens is 224 g/mol. The minimum Gasteiger partial charge on any atom is -0.369 e. The number of benzene rings is 1. The van der Waals surface area contributed by atoms with Gasteiger partial charge in [-0.3, -0.25) is 9.59 Å². The first-order valence-corrected chi connectivity index (χ1v) is 5.81. The molecule has 0 atom stereocenters. The summed E-state index contributed by atoms with van der Waals surface area (Å²) in [5.41, 5.74) is 6.07. The van der Waals surface area contributed by atoms with E-state index in [1.54, 1.807) is 0 Å². The van der Waals surface area contributed by atoms with Crippen LogP contribution in [0.25, 0.3) is 0 Å². The molecule has 0 saturated heterocycles. The Balaban J connectivity index is 2.67. The number of nitrogens with two attached hydrogens (primary N) is 1. The molecule has 0 aliphatic heterocycles. The number of amides is 2. The van der Waals surface area contributed by atoms with Crippen LogP contribution < -0.4 is 11.1 Å². The molecule has 1 aromatic rings. The molecule has 0 unspecified atom stereocenters. The number of carbonyl (C=O) groups is 2. The van der Waals surface area contributed by atoms with E-state index in [4.69, 9.17) is 5.73 Å². The van der Waals surface area contributed by atoms with E-state index in [-0.39, 0.29) is 17.6 Å². The summed E-state index contributed by atoms with van der Waals surface area (Å²) in [6.45, 7) is 1.94. The lowest BCUT2D eigenvalue weighted by atomic mass is 10.2. The number of nitrogens with one attached hydrogen (secondary N) is 1. The molecule has 0 spiro atoms. The normalized spacial score (nSPS) is 9.81. The second-order valence-electron chi connectivity index (χ2n) is 3.27. The molecule has 2 amide bonds. The van der Waals surface area contributed by atoms with Crippen LogP contribution in [0.5, 0.6) is 0 Å². The van der Waals surface area contributed by atoms with Gasteiger partial charge in [0.15, 0.2) is 0 Å². The SMILES string of the molecule is CC(=O)NCc1ccccc1SCC(N)=O. The Hall–Kier alpha value is -1.49. The van der Waals surface area contributed by atoms with Crippen molar-refractivity contribution in [3.63, 3.8) is 0 Å². The number of hydrogen-bond donors (Lipinski definition) is 2. The van der Waals surface area contributed by atoms with Gasteiger partial charge in [-0.15, -0.1) is 11.8 Å². The summed E-state index contributed by atoms with van der Waals surface area (Å²) in [4.78, 5) is 22.5. The minimum absolute atomic E-state index is 0.0743. The number of hydrogen-bond acceptors (Lipinski definition) is 3. The number of thioether (sulfide) groups is 1. The van der Waals surface area contributed by atoms with Crippen LogP contribution in [0.4, 0.5) is 0 Å². The Labute approximate surface area is 98.6 Å². The number of primary amides is 1. The van der Waals surface area contributed by atoms with Gasteiger partial charge in [-0.1, -0.05) is 18.2 Å². The molecule has 5 heteroatoms.